The van der Waals surface area contributed by atoms with Gasteiger partial charge in [0.25, 0.3) is 16.8 Å². The molecule has 1 heterocycles. The van der Waals surface area contributed by atoms with E-state index in [0.717, 1.165) is 27.8 Å². The topological polar surface area (TPSA) is 119 Å². The normalized spacial score (nSPS) is 14.2. The minimum atomic E-state index is -0.561. The molecule has 0 bridgehead atoms. The number of hydrogen-bond acceptors (Lipinski definition) is 7. The minimum absolute atomic E-state index is 0.0116. The zero-order chi connectivity index (χ0) is 25.7. The van der Waals surface area contributed by atoms with Crippen LogP contribution in [-0.4, -0.2) is 33.4 Å². The fraction of sp³-hybridized carbons (Fsp3) is 0.115. The number of non-ortho nitro benzene ring substituents is 1. The standard InChI is InChI=1S/C26H21N3O6S/c1-17-6-10-20(11-7-17)27-24(30)15-28-25(31)23(36-26(28)32)14-19-4-2-3-5-22(19)35-16-18-8-12-21(13-9-18)29(33)34/h2-14H,15-16H2,1H3,(H,27,30)/b23-14-. The Balaban J connectivity index is 1.43. The molecule has 0 radical (unpaired) electrons. The lowest BCUT2D eigenvalue weighted by atomic mass is 10.1. The molecule has 1 fully saturated rings. The molecule has 0 aliphatic carbocycles. The number of carbonyl (C=O) groups excluding carboxylic acids is 3. The first-order chi connectivity index (χ1) is 17.3. The van der Waals surface area contributed by atoms with Crippen LogP contribution in [-0.2, 0) is 16.2 Å². The molecular weight excluding hydrogens is 482 g/mol. The van der Waals surface area contributed by atoms with E-state index < -0.39 is 28.5 Å². The quantitative estimate of drug-likeness (QED) is 0.256. The number of carbonyl (C=O) groups is 3. The fourth-order valence-electron chi connectivity index (χ4n) is 3.36. The molecule has 1 aliphatic rings. The summed E-state index contributed by atoms with van der Waals surface area (Å²) >= 11 is 0.753. The highest BCUT2D eigenvalue weighted by Gasteiger charge is 2.36. The van der Waals surface area contributed by atoms with Crippen LogP contribution in [0.1, 0.15) is 16.7 Å². The second-order valence-corrected chi connectivity index (χ2v) is 8.93. The van der Waals surface area contributed by atoms with Gasteiger partial charge in [-0.15, -0.1) is 0 Å². The number of nitrogens with zero attached hydrogens (tertiary/aromatic N) is 2. The lowest BCUT2D eigenvalue weighted by molar-refractivity contribution is -0.384. The molecule has 0 saturated carbocycles. The van der Waals surface area contributed by atoms with E-state index in [1.807, 2.05) is 19.1 Å². The second-order valence-electron chi connectivity index (χ2n) is 7.93. The van der Waals surface area contributed by atoms with E-state index in [1.54, 1.807) is 54.6 Å². The summed E-state index contributed by atoms with van der Waals surface area (Å²) < 4.78 is 5.86. The molecule has 4 rings (SSSR count). The summed E-state index contributed by atoms with van der Waals surface area (Å²) in [6.07, 6.45) is 1.55. The second kappa shape index (κ2) is 10.9. The van der Waals surface area contributed by atoms with Gasteiger partial charge in [0.1, 0.15) is 18.9 Å². The van der Waals surface area contributed by atoms with Gasteiger partial charge in [-0.05, 0) is 60.7 Å². The number of hydrogen-bond donors (Lipinski definition) is 1. The molecule has 3 amide bonds. The first-order valence-corrected chi connectivity index (χ1v) is 11.7. The number of thioether (sulfide) groups is 1. The molecule has 3 aromatic carbocycles. The molecule has 0 atom stereocenters. The van der Waals surface area contributed by atoms with Gasteiger partial charge in [-0.25, -0.2) is 0 Å². The average molecular weight is 504 g/mol. The van der Waals surface area contributed by atoms with Gasteiger partial charge in [-0.1, -0.05) is 35.9 Å². The Morgan fingerprint density at radius 3 is 2.44 bits per heavy atom. The summed E-state index contributed by atoms with van der Waals surface area (Å²) in [5.41, 5.74) is 2.92. The van der Waals surface area contributed by atoms with Gasteiger partial charge in [0.2, 0.25) is 5.91 Å². The summed E-state index contributed by atoms with van der Waals surface area (Å²) in [7, 11) is 0. The van der Waals surface area contributed by atoms with Gasteiger partial charge in [0.15, 0.2) is 0 Å². The fourth-order valence-corrected chi connectivity index (χ4v) is 4.19. The van der Waals surface area contributed by atoms with Crippen molar-refractivity contribution < 1.29 is 24.0 Å². The van der Waals surface area contributed by atoms with E-state index in [2.05, 4.69) is 5.32 Å². The number of para-hydroxylation sites is 1. The number of aryl methyl sites for hydroxylation is 1. The van der Waals surface area contributed by atoms with E-state index >= 15 is 0 Å². The zero-order valence-corrected chi connectivity index (χ0v) is 20.0. The third-order valence-electron chi connectivity index (χ3n) is 5.26. The third kappa shape index (κ3) is 5.97. The maximum Gasteiger partial charge on any atom is 0.294 e. The van der Waals surface area contributed by atoms with Crippen LogP contribution in [0.15, 0.2) is 77.7 Å². The Kier molecular flexibility index (Phi) is 7.45. The number of nitro groups is 1. The van der Waals surface area contributed by atoms with Crippen LogP contribution in [0.5, 0.6) is 5.75 Å². The SMILES string of the molecule is Cc1ccc(NC(=O)CN2C(=O)S/C(=C\c3ccccc3OCc3ccc([N+](=O)[O-])cc3)C2=O)cc1. The van der Waals surface area contributed by atoms with Crippen molar-refractivity contribution in [2.45, 2.75) is 13.5 Å². The number of imide groups is 1. The number of rotatable bonds is 8. The van der Waals surface area contributed by atoms with Gasteiger partial charge in [0.05, 0.1) is 9.83 Å². The lowest BCUT2D eigenvalue weighted by Gasteiger charge is -2.12. The van der Waals surface area contributed by atoms with Gasteiger partial charge in [0, 0.05) is 23.4 Å². The lowest BCUT2D eigenvalue weighted by Crippen LogP contribution is -2.36. The van der Waals surface area contributed by atoms with Crippen molar-refractivity contribution >= 4 is 46.3 Å². The van der Waals surface area contributed by atoms with E-state index in [-0.39, 0.29) is 17.2 Å². The van der Waals surface area contributed by atoms with Crippen molar-refractivity contribution in [3.63, 3.8) is 0 Å². The molecule has 9 nitrogen and oxygen atoms in total. The Morgan fingerprint density at radius 1 is 1.06 bits per heavy atom. The van der Waals surface area contributed by atoms with Gasteiger partial charge in [-0.3, -0.25) is 29.4 Å². The number of ether oxygens (including phenoxy) is 1. The maximum atomic E-state index is 12.9. The molecule has 3 aromatic rings. The molecule has 0 unspecified atom stereocenters. The molecule has 10 heteroatoms. The molecule has 36 heavy (non-hydrogen) atoms. The van der Waals surface area contributed by atoms with Crippen LogP contribution in [0.4, 0.5) is 16.2 Å². The van der Waals surface area contributed by atoms with Crippen LogP contribution in [0, 0.1) is 17.0 Å². The maximum absolute atomic E-state index is 12.9. The molecule has 182 valence electrons. The summed E-state index contributed by atoms with van der Waals surface area (Å²) in [6.45, 7) is 1.69. The highest BCUT2D eigenvalue weighted by atomic mass is 32.2. The highest BCUT2D eigenvalue weighted by Crippen LogP contribution is 2.34. The summed E-state index contributed by atoms with van der Waals surface area (Å²) in [4.78, 5) is 49.1. The van der Waals surface area contributed by atoms with Crippen molar-refractivity contribution in [1.29, 1.82) is 0 Å². The third-order valence-corrected chi connectivity index (χ3v) is 6.17. The summed E-state index contributed by atoms with van der Waals surface area (Å²) in [6, 6.07) is 20.2. The smallest absolute Gasteiger partial charge is 0.294 e. The first kappa shape index (κ1) is 24.7. The van der Waals surface area contributed by atoms with E-state index in [0.29, 0.717) is 17.0 Å². The first-order valence-electron chi connectivity index (χ1n) is 10.9. The highest BCUT2D eigenvalue weighted by molar-refractivity contribution is 8.18. The van der Waals surface area contributed by atoms with Gasteiger partial charge >= 0.3 is 0 Å². The molecule has 1 N–H and O–H groups in total. The molecule has 1 aliphatic heterocycles. The Labute approximate surface area is 210 Å². The largest absolute Gasteiger partial charge is 0.488 e. The summed E-state index contributed by atoms with van der Waals surface area (Å²) in [5, 5.41) is 13.0. The zero-order valence-electron chi connectivity index (χ0n) is 19.2. The minimum Gasteiger partial charge on any atom is -0.488 e. The van der Waals surface area contributed by atoms with Crippen LogP contribution in [0.3, 0.4) is 0 Å². The molecule has 0 spiro atoms. The number of nitro benzene ring substituents is 1. The van der Waals surface area contributed by atoms with E-state index in [1.165, 1.54) is 12.1 Å². The average Bonchev–Trinajstić information content (AvgIpc) is 3.12. The van der Waals surface area contributed by atoms with Crippen molar-refractivity contribution in [1.82, 2.24) is 4.90 Å². The number of nitrogens with one attached hydrogen (secondary N) is 1. The number of anilines is 1. The number of amides is 3. The number of benzene rings is 3. The van der Waals surface area contributed by atoms with Crippen molar-refractivity contribution in [3.8, 4) is 5.75 Å². The predicted octanol–water partition coefficient (Wildman–Crippen LogP) is 5.16. The van der Waals surface area contributed by atoms with Crippen LogP contribution >= 0.6 is 11.8 Å². The van der Waals surface area contributed by atoms with E-state index in [4.69, 9.17) is 4.74 Å². The van der Waals surface area contributed by atoms with Crippen molar-refractivity contribution in [2.24, 2.45) is 0 Å². The molecule has 0 aromatic heterocycles. The predicted molar refractivity (Wildman–Crippen MR) is 136 cm³/mol. The van der Waals surface area contributed by atoms with Gasteiger partial charge in [-0.2, -0.15) is 0 Å². The molecular formula is C26H21N3O6S. The summed E-state index contributed by atoms with van der Waals surface area (Å²) in [5.74, 6) is -0.566. The van der Waals surface area contributed by atoms with E-state index in [9.17, 15) is 24.5 Å². The Bertz CT molecular complexity index is 1350. The van der Waals surface area contributed by atoms with Crippen LogP contribution in [0.25, 0.3) is 6.08 Å². The van der Waals surface area contributed by atoms with Crippen LogP contribution < -0.4 is 10.1 Å². The van der Waals surface area contributed by atoms with Crippen molar-refractivity contribution in [2.75, 3.05) is 11.9 Å². The van der Waals surface area contributed by atoms with Crippen LogP contribution in [0.2, 0.25) is 0 Å². The Morgan fingerprint density at radius 2 is 1.75 bits per heavy atom. The van der Waals surface area contributed by atoms with Gasteiger partial charge < -0.3 is 10.1 Å². The molecule has 1 saturated heterocycles. The monoisotopic (exact) mass is 503 g/mol. The van der Waals surface area contributed by atoms with Crippen molar-refractivity contribution in [3.05, 3.63) is 105 Å². The Hall–Kier alpha value is -4.44.